The summed E-state index contributed by atoms with van der Waals surface area (Å²) in [4.78, 5) is 19.7. The fourth-order valence-electron chi connectivity index (χ4n) is 2.26. The maximum Gasteiger partial charge on any atom is 0.338 e. The van der Waals surface area contributed by atoms with E-state index in [9.17, 15) is 4.79 Å². The quantitative estimate of drug-likeness (QED) is 0.737. The maximum absolute atomic E-state index is 11.9. The lowest BCUT2D eigenvalue weighted by molar-refractivity contribution is 0.0505. The molecule has 1 N–H and O–H groups in total. The van der Waals surface area contributed by atoms with E-state index in [0.717, 1.165) is 28.8 Å². The number of hydrogen-bond donors (Lipinski definition) is 1. The van der Waals surface area contributed by atoms with Crippen molar-refractivity contribution in [3.8, 4) is 11.4 Å². The van der Waals surface area contributed by atoms with Crippen LogP contribution in [0.4, 0.5) is 0 Å². The van der Waals surface area contributed by atoms with Crippen LogP contribution in [0.15, 0.2) is 42.5 Å². The molecular formula is C18H18N2O2. The normalized spacial score (nSPS) is 10.8. The average Bonchev–Trinajstić information content (AvgIpc) is 2.96. The Bertz CT molecular complexity index is 804. The van der Waals surface area contributed by atoms with Crippen LogP contribution in [0.25, 0.3) is 22.4 Å². The summed E-state index contributed by atoms with van der Waals surface area (Å²) in [6.07, 6.45) is 0.815. The second-order valence-corrected chi connectivity index (χ2v) is 5.32. The number of carbonyl (C=O) groups excluding carboxylic acids is 1. The molecule has 1 heterocycles. The maximum atomic E-state index is 11.9. The van der Waals surface area contributed by atoms with Crippen LogP contribution in [0, 0.1) is 6.92 Å². The fraction of sp³-hybridized carbons (Fsp3) is 0.222. The molecule has 4 nitrogen and oxygen atoms in total. The summed E-state index contributed by atoms with van der Waals surface area (Å²) < 4.78 is 5.16. The van der Waals surface area contributed by atoms with Crippen molar-refractivity contribution in [2.75, 3.05) is 6.61 Å². The Kier molecular flexibility index (Phi) is 3.92. The summed E-state index contributed by atoms with van der Waals surface area (Å²) in [5, 5.41) is 0. The van der Waals surface area contributed by atoms with Gasteiger partial charge in [0.1, 0.15) is 5.82 Å². The molecule has 0 unspecified atom stereocenters. The van der Waals surface area contributed by atoms with Crippen LogP contribution in [0.5, 0.6) is 0 Å². The largest absolute Gasteiger partial charge is 0.462 e. The number of esters is 1. The topological polar surface area (TPSA) is 55.0 Å². The molecule has 0 fully saturated rings. The number of aromatic amines is 1. The van der Waals surface area contributed by atoms with Crippen molar-refractivity contribution in [3.05, 3.63) is 53.6 Å². The molecular weight excluding hydrogens is 276 g/mol. The van der Waals surface area contributed by atoms with E-state index in [4.69, 9.17) is 4.74 Å². The van der Waals surface area contributed by atoms with Crippen LogP contribution in [0.1, 0.15) is 29.3 Å². The van der Waals surface area contributed by atoms with E-state index in [-0.39, 0.29) is 5.97 Å². The lowest BCUT2D eigenvalue weighted by atomic mass is 10.1. The van der Waals surface area contributed by atoms with Crippen molar-refractivity contribution in [2.24, 2.45) is 0 Å². The highest BCUT2D eigenvalue weighted by Crippen LogP contribution is 2.22. The number of hydrogen-bond acceptors (Lipinski definition) is 3. The molecule has 4 heteroatoms. The smallest absolute Gasteiger partial charge is 0.338 e. The van der Waals surface area contributed by atoms with Gasteiger partial charge in [-0.1, -0.05) is 36.8 Å². The summed E-state index contributed by atoms with van der Waals surface area (Å²) in [6, 6.07) is 13.5. The van der Waals surface area contributed by atoms with Gasteiger partial charge in [-0.2, -0.15) is 0 Å². The van der Waals surface area contributed by atoms with Crippen molar-refractivity contribution in [2.45, 2.75) is 20.3 Å². The molecule has 2 aromatic carbocycles. The lowest BCUT2D eigenvalue weighted by Gasteiger charge is -2.02. The molecule has 0 aliphatic heterocycles. The van der Waals surface area contributed by atoms with Crippen molar-refractivity contribution in [3.63, 3.8) is 0 Å². The first-order chi connectivity index (χ1) is 10.7. The Morgan fingerprint density at radius 2 is 1.95 bits per heavy atom. The summed E-state index contributed by atoms with van der Waals surface area (Å²) >= 11 is 0. The number of ether oxygens (including phenoxy) is 1. The first-order valence-corrected chi connectivity index (χ1v) is 7.41. The second kappa shape index (κ2) is 6.02. The highest BCUT2D eigenvalue weighted by molar-refractivity contribution is 5.94. The van der Waals surface area contributed by atoms with E-state index in [1.807, 2.05) is 25.1 Å². The predicted octanol–water partition coefficient (Wildman–Crippen LogP) is 4.11. The summed E-state index contributed by atoms with van der Waals surface area (Å²) in [5.41, 5.74) is 4.45. The minimum Gasteiger partial charge on any atom is -0.462 e. The van der Waals surface area contributed by atoms with Crippen LogP contribution >= 0.6 is 0 Å². The zero-order chi connectivity index (χ0) is 15.5. The molecule has 0 amide bonds. The Labute approximate surface area is 129 Å². The Hall–Kier alpha value is -2.62. The van der Waals surface area contributed by atoms with Crippen molar-refractivity contribution < 1.29 is 9.53 Å². The number of fused-ring (bicyclic) bond motifs is 1. The SMILES string of the molecule is CCCOC(=O)c1ccc2nc(-c3ccc(C)cc3)[nH]c2c1. The van der Waals surface area contributed by atoms with Crippen LogP contribution in [0.2, 0.25) is 0 Å². The molecule has 3 aromatic rings. The van der Waals surface area contributed by atoms with Gasteiger partial charge in [-0.25, -0.2) is 9.78 Å². The third-order valence-corrected chi connectivity index (χ3v) is 3.48. The van der Waals surface area contributed by atoms with Crippen molar-refractivity contribution in [1.29, 1.82) is 0 Å². The van der Waals surface area contributed by atoms with Crippen LogP contribution in [0.3, 0.4) is 0 Å². The monoisotopic (exact) mass is 294 g/mol. The number of nitrogens with one attached hydrogen (secondary N) is 1. The summed E-state index contributed by atoms with van der Waals surface area (Å²) in [5.74, 6) is 0.504. The summed E-state index contributed by atoms with van der Waals surface area (Å²) in [6.45, 7) is 4.46. The van der Waals surface area contributed by atoms with Gasteiger partial charge in [-0.05, 0) is 31.5 Å². The molecule has 0 spiro atoms. The molecule has 112 valence electrons. The third-order valence-electron chi connectivity index (χ3n) is 3.48. The van der Waals surface area contributed by atoms with Gasteiger partial charge < -0.3 is 9.72 Å². The zero-order valence-corrected chi connectivity index (χ0v) is 12.7. The number of H-pyrrole nitrogens is 1. The number of aryl methyl sites for hydroxylation is 1. The lowest BCUT2D eigenvalue weighted by Crippen LogP contribution is -2.05. The molecule has 1 aromatic heterocycles. The number of imidazole rings is 1. The van der Waals surface area contributed by atoms with Crippen molar-refractivity contribution in [1.82, 2.24) is 9.97 Å². The highest BCUT2D eigenvalue weighted by Gasteiger charge is 2.10. The molecule has 0 aliphatic carbocycles. The fourth-order valence-corrected chi connectivity index (χ4v) is 2.26. The number of benzene rings is 2. The zero-order valence-electron chi connectivity index (χ0n) is 12.7. The number of rotatable bonds is 4. The third kappa shape index (κ3) is 2.86. The van der Waals surface area contributed by atoms with Crippen molar-refractivity contribution >= 4 is 17.0 Å². The molecule has 0 saturated carbocycles. The van der Waals surface area contributed by atoms with Gasteiger partial charge >= 0.3 is 5.97 Å². The second-order valence-electron chi connectivity index (χ2n) is 5.32. The molecule has 22 heavy (non-hydrogen) atoms. The van der Waals surface area contributed by atoms with Gasteiger partial charge in [0.05, 0.1) is 23.2 Å². The van der Waals surface area contributed by atoms with E-state index >= 15 is 0 Å². The predicted molar refractivity (Wildman–Crippen MR) is 86.8 cm³/mol. The molecule has 3 rings (SSSR count). The molecule has 0 bridgehead atoms. The number of aromatic nitrogens is 2. The van der Waals surface area contributed by atoms with Crippen LogP contribution < -0.4 is 0 Å². The van der Waals surface area contributed by atoms with Gasteiger partial charge in [0.25, 0.3) is 0 Å². The standard InChI is InChI=1S/C18H18N2O2/c1-3-10-22-18(21)14-8-9-15-16(11-14)20-17(19-15)13-6-4-12(2)5-7-13/h4-9,11H,3,10H2,1-2H3,(H,19,20). The van der Waals surface area contributed by atoms with E-state index in [0.29, 0.717) is 12.2 Å². The number of carbonyl (C=O) groups is 1. The molecule has 0 aliphatic rings. The summed E-state index contributed by atoms with van der Waals surface area (Å²) in [7, 11) is 0. The molecule has 0 atom stereocenters. The highest BCUT2D eigenvalue weighted by atomic mass is 16.5. The van der Waals surface area contributed by atoms with Gasteiger partial charge in [-0.15, -0.1) is 0 Å². The van der Waals surface area contributed by atoms with E-state index < -0.39 is 0 Å². The minimum absolute atomic E-state index is 0.296. The van der Waals surface area contributed by atoms with Gasteiger partial charge in [0.2, 0.25) is 0 Å². The first-order valence-electron chi connectivity index (χ1n) is 7.41. The van der Waals surface area contributed by atoms with Gasteiger partial charge in [0.15, 0.2) is 0 Å². The van der Waals surface area contributed by atoms with Crippen LogP contribution in [-0.4, -0.2) is 22.5 Å². The van der Waals surface area contributed by atoms with E-state index in [2.05, 4.69) is 29.0 Å². The molecule has 0 saturated heterocycles. The van der Waals surface area contributed by atoms with Gasteiger partial charge in [0, 0.05) is 5.56 Å². The van der Waals surface area contributed by atoms with E-state index in [1.165, 1.54) is 5.56 Å². The first kappa shape index (κ1) is 14.3. The Morgan fingerprint density at radius 1 is 1.18 bits per heavy atom. The van der Waals surface area contributed by atoms with Crippen LogP contribution in [-0.2, 0) is 4.74 Å². The number of nitrogens with zero attached hydrogens (tertiary/aromatic N) is 1. The Morgan fingerprint density at radius 3 is 2.68 bits per heavy atom. The minimum atomic E-state index is -0.296. The molecule has 0 radical (unpaired) electrons. The van der Waals surface area contributed by atoms with Gasteiger partial charge in [-0.3, -0.25) is 0 Å². The Balaban J connectivity index is 1.93. The average molecular weight is 294 g/mol. The van der Waals surface area contributed by atoms with E-state index in [1.54, 1.807) is 12.1 Å².